The van der Waals surface area contributed by atoms with Gasteiger partial charge in [-0.05, 0) is 24.6 Å². The third-order valence-corrected chi connectivity index (χ3v) is 4.02. The van der Waals surface area contributed by atoms with Crippen LogP contribution in [0.2, 0.25) is 0 Å². The Morgan fingerprint density at radius 2 is 1.92 bits per heavy atom. The van der Waals surface area contributed by atoms with Gasteiger partial charge in [0, 0.05) is 18.0 Å². The Morgan fingerprint density at radius 1 is 1.12 bits per heavy atom. The summed E-state index contributed by atoms with van der Waals surface area (Å²) >= 11 is 0. The van der Waals surface area contributed by atoms with E-state index in [-0.39, 0.29) is 5.91 Å². The van der Waals surface area contributed by atoms with Crippen molar-refractivity contribution < 1.29 is 9.59 Å². The highest BCUT2D eigenvalue weighted by Crippen LogP contribution is 2.13. The van der Waals surface area contributed by atoms with E-state index in [4.69, 9.17) is 5.73 Å². The number of benzene rings is 2. The Bertz CT molecular complexity index is 937. The van der Waals surface area contributed by atoms with Crippen LogP contribution < -0.4 is 11.1 Å². The number of para-hydroxylation sites is 1. The maximum atomic E-state index is 12.5. The Labute approximate surface area is 145 Å². The third kappa shape index (κ3) is 4.01. The molecule has 0 saturated carbocycles. The lowest BCUT2D eigenvalue weighted by atomic mass is 10.0. The molecular formula is C20H19N3O2. The van der Waals surface area contributed by atoms with E-state index in [9.17, 15) is 9.59 Å². The molecule has 3 aromatic rings. The fraction of sp³-hybridized carbons (Fsp3) is 0.150. The highest BCUT2D eigenvalue weighted by atomic mass is 16.2. The van der Waals surface area contributed by atoms with Gasteiger partial charge in [-0.25, -0.2) is 0 Å². The molecule has 0 aliphatic rings. The molecule has 0 saturated heterocycles. The Balaban J connectivity index is 1.78. The van der Waals surface area contributed by atoms with E-state index < -0.39 is 11.9 Å². The van der Waals surface area contributed by atoms with E-state index in [1.165, 1.54) is 6.20 Å². The Kier molecular flexibility index (Phi) is 4.75. The second kappa shape index (κ2) is 7.13. The van der Waals surface area contributed by atoms with E-state index >= 15 is 0 Å². The molecule has 0 aliphatic carbocycles. The van der Waals surface area contributed by atoms with Crippen molar-refractivity contribution in [2.45, 2.75) is 19.4 Å². The average molecular weight is 333 g/mol. The maximum Gasteiger partial charge on any atom is 0.253 e. The first-order valence-corrected chi connectivity index (χ1v) is 8.03. The number of primary amides is 1. The van der Waals surface area contributed by atoms with Gasteiger partial charge in [-0.15, -0.1) is 0 Å². The number of nitrogens with two attached hydrogens (primary N) is 1. The van der Waals surface area contributed by atoms with Crippen LogP contribution in [0.4, 0.5) is 0 Å². The summed E-state index contributed by atoms with van der Waals surface area (Å²) in [6, 6.07) is 16.3. The minimum absolute atomic E-state index is 0.351. The zero-order valence-electron chi connectivity index (χ0n) is 13.9. The topological polar surface area (TPSA) is 85.1 Å². The summed E-state index contributed by atoms with van der Waals surface area (Å²) in [5.41, 5.74) is 8.71. The van der Waals surface area contributed by atoms with Gasteiger partial charge in [-0.1, -0.05) is 48.0 Å². The molecule has 126 valence electrons. The molecule has 0 unspecified atom stereocenters. The highest BCUT2D eigenvalue weighted by molar-refractivity contribution is 5.99. The van der Waals surface area contributed by atoms with Gasteiger partial charge >= 0.3 is 0 Å². The number of fused-ring (bicyclic) bond motifs is 1. The summed E-state index contributed by atoms with van der Waals surface area (Å²) in [7, 11) is 0. The van der Waals surface area contributed by atoms with Crippen LogP contribution in [-0.2, 0) is 11.2 Å². The van der Waals surface area contributed by atoms with Gasteiger partial charge in [0.05, 0.1) is 11.1 Å². The number of nitrogens with one attached hydrogen (secondary N) is 1. The number of aromatic nitrogens is 1. The van der Waals surface area contributed by atoms with E-state index in [1.807, 2.05) is 55.5 Å². The van der Waals surface area contributed by atoms with Gasteiger partial charge in [0.2, 0.25) is 5.91 Å². The molecule has 2 aromatic carbocycles. The number of carbonyl (C=O) groups excluding carboxylic acids is 2. The molecule has 3 N–H and O–H groups in total. The zero-order valence-corrected chi connectivity index (χ0v) is 13.9. The van der Waals surface area contributed by atoms with Crippen LogP contribution in [0, 0.1) is 6.92 Å². The first-order valence-electron chi connectivity index (χ1n) is 8.03. The molecule has 25 heavy (non-hydrogen) atoms. The van der Waals surface area contributed by atoms with Crippen molar-refractivity contribution in [3.8, 4) is 0 Å². The minimum atomic E-state index is -0.777. The number of aryl methyl sites for hydroxylation is 1. The second-order valence-electron chi connectivity index (χ2n) is 6.04. The van der Waals surface area contributed by atoms with Crippen LogP contribution >= 0.6 is 0 Å². The molecule has 0 spiro atoms. The summed E-state index contributed by atoms with van der Waals surface area (Å²) in [5.74, 6) is -0.932. The molecule has 0 fully saturated rings. The molecule has 1 heterocycles. The molecule has 0 bridgehead atoms. The lowest BCUT2D eigenvalue weighted by Gasteiger charge is -2.16. The van der Waals surface area contributed by atoms with Crippen LogP contribution in [0.25, 0.3) is 10.9 Å². The predicted molar refractivity (Wildman–Crippen MR) is 97.1 cm³/mol. The van der Waals surface area contributed by atoms with Crippen LogP contribution in [-0.4, -0.2) is 22.8 Å². The monoisotopic (exact) mass is 333 g/mol. The van der Waals surface area contributed by atoms with Crippen molar-refractivity contribution in [2.24, 2.45) is 5.73 Å². The van der Waals surface area contributed by atoms with Crippen LogP contribution in [0.3, 0.4) is 0 Å². The van der Waals surface area contributed by atoms with Crippen LogP contribution in [0.1, 0.15) is 21.5 Å². The summed E-state index contributed by atoms with van der Waals surface area (Å²) in [4.78, 5) is 28.5. The van der Waals surface area contributed by atoms with E-state index in [1.54, 1.807) is 6.07 Å². The largest absolute Gasteiger partial charge is 0.368 e. The molecule has 0 radical (unpaired) electrons. The Hall–Kier alpha value is -3.21. The van der Waals surface area contributed by atoms with Gasteiger partial charge < -0.3 is 11.1 Å². The molecule has 2 amide bonds. The third-order valence-electron chi connectivity index (χ3n) is 4.02. The quantitative estimate of drug-likeness (QED) is 0.752. The van der Waals surface area contributed by atoms with E-state index in [2.05, 4.69) is 10.3 Å². The second-order valence-corrected chi connectivity index (χ2v) is 6.04. The highest BCUT2D eigenvalue weighted by Gasteiger charge is 2.20. The molecule has 3 rings (SSSR count). The molecule has 5 heteroatoms. The SMILES string of the molecule is Cc1cccc(C[C@H](NC(=O)c2cnc3ccccc3c2)C(N)=O)c1. The number of pyridine rings is 1. The van der Waals surface area contributed by atoms with Gasteiger partial charge in [0.1, 0.15) is 6.04 Å². The van der Waals surface area contributed by atoms with Gasteiger partial charge in [0.25, 0.3) is 5.91 Å². The fourth-order valence-corrected chi connectivity index (χ4v) is 2.73. The fourth-order valence-electron chi connectivity index (χ4n) is 2.73. The smallest absolute Gasteiger partial charge is 0.253 e. The van der Waals surface area contributed by atoms with E-state index in [0.29, 0.717) is 12.0 Å². The summed E-state index contributed by atoms with van der Waals surface area (Å²) in [5, 5.41) is 3.58. The van der Waals surface area contributed by atoms with Crippen molar-refractivity contribution in [1.29, 1.82) is 0 Å². The molecular weight excluding hydrogens is 314 g/mol. The first kappa shape index (κ1) is 16.6. The van der Waals surface area contributed by atoms with E-state index in [0.717, 1.165) is 22.0 Å². The Morgan fingerprint density at radius 3 is 2.68 bits per heavy atom. The predicted octanol–water partition coefficient (Wildman–Crippen LogP) is 2.37. The van der Waals surface area contributed by atoms with Gasteiger partial charge in [0.15, 0.2) is 0 Å². The molecule has 5 nitrogen and oxygen atoms in total. The van der Waals surface area contributed by atoms with Crippen molar-refractivity contribution in [1.82, 2.24) is 10.3 Å². The van der Waals surface area contributed by atoms with Crippen LogP contribution in [0.15, 0.2) is 60.8 Å². The number of nitrogens with zero attached hydrogens (tertiary/aromatic N) is 1. The summed E-state index contributed by atoms with van der Waals surface area (Å²) in [6.07, 6.45) is 1.85. The molecule has 0 aliphatic heterocycles. The normalized spacial score (nSPS) is 11.9. The minimum Gasteiger partial charge on any atom is -0.368 e. The van der Waals surface area contributed by atoms with Gasteiger partial charge in [-0.2, -0.15) is 0 Å². The number of hydrogen-bond donors (Lipinski definition) is 2. The van der Waals surface area contributed by atoms with Crippen molar-refractivity contribution >= 4 is 22.7 Å². The number of amides is 2. The number of rotatable bonds is 5. The molecule has 1 aromatic heterocycles. The summed E-state index contributed by atoms with van der Waals surface area (Å²) in [6.45, 7) is 1.97. The van der Waals surface area contributed by atoms with Crippen molar-refractivity contribution in [2.75, 3.05) is 0 Å². The average Bonchev–Trinajstić information content (AvgIpc) is 2.60. The number of hydrogen-bond acceptors (Lipinski definition) is 3. The lowest BCUT2D eigenvalue weighted by molar-refractivity contribution is -0.119. The maximum absolute atomic E-state index is 12.5. The summed E-state index contributed by atoms with van der Waals surface area (Å²) < 4.78 is 0. The van der Waals surface area contributed by atoms with Gasteiger partial charge in [-0.3, -0.25) is 14.6 Å². The lowest BCUT2D eigenvalue weighted by Crippen LogP contribution is -2.45. The standard InChI is InChI=1S/C20H19N3O2/c1-13-5-4-6-14(9-13)10-18(19(21)24)23-20(25)16-11-15-7-2-3-8-17(15)22-12-16/h2-9,11-12,18H,10H2,1H3,(H2,21,24)(H,23,25)/t18-/m0/s1. The zero-order chi connectivity index (χ0) is 17.8. The number of carbonyl (C=O) groups is 2. The van der Waals surface area contributed by atoms with Crippen LogP contribution in [0.5, 0.6) is 0 Å². The first-order chi connectivity index (χ1) is 12.0. The van der Waals surface area contributed by atoms with Crippen molar-refractivity contribution in [3.63, 3.8) is 0 Å². The molecule has 1 atom stereocenters. The van der Waals surface area contributed by atoms with Crippen molar-refractivity contribution in [3.05, 3.63) is 77.5 Å².